The molecule has 0 spiro atoms. The SMILES string of the molecule is CC1(CC(O)[C@H]2CCCN2)CCC1. The molecule has 0 bridgehead atoms. The normalized spacial score (nSPS) is 34.2. The van der Waals surface area contributed by atoms with Crippen LogP contribution in [0.25, 0.3) is 0 Å². The Balaban J connectivity index is 1.79. The summed E-state index contributed by atoms with van der Waals surface area (Å²) in [5.74, 6) is 0. The summed E-state index contributed by atoms with van der Waals surface area (Å²) < 4.78 is 0. The first-order chi connectivity index (χ1) is 6.20. The number of hydrogen-bond acceptors (Lipinski definition) is 2. The van der Waals surface area contributed by atoms with Gasteiger partial charge in [-0.3, -0.25) is 0 Å². The Morgan fingerprint density at radius 2 is 2.23 bits per heavy atom. The minimum Gasteiger partial charge on any atom is -0.391 e. The molecule has 0 aromatic carbocycles. The molecule has 1 heterocycles. The molecule has 2 heteroatoms. The van der Waals surface area contributed by atoms with Crippen LogP contribution in [0.2, 0.25) is 0 Å². The number of nitrogens with one attached hydrogen (secondary N) is 1. The number of aliphatic hydroxyl groups excluding tert-OH is 1. The van der Waals surface area contributed by atoms with Crippen LogP contribution in [-0.2, 0) is 0 Å². The van der Waals surface area contributed by atoms with Crippen molar-refractivity contribution in [2.75, 3.05) is 6.54 Å². The highest BCUT2D eigenvalue weighted by atomic mass is 16.3. The molecule has 0 aromatic rings. The van der Waals surface area contributed by atoms with Crippen molar-refractivity contribution in [3.05, 3.63) is 0 Å². The van der Waals surface area contributed by atoms with E-state index in [0.717, 1.165) is 19.4 Å². The molecule has 0 radical (unpaired) electrons. The van der Waals surface area contributed by atoms with E-state index in [-0.39, 0.29) is 6.10 Å². The van der Waals surface area contributed by atoms with E-state index in [1.54, 1.807) is 0 Å². The molecule has 2 fully saturated rings. The molecule has 2 atom stereocenters. The van der Waals surface area contributed by atoms with Crippen molar-refractivity contribution in [2.24, 2.45) is 5.41 Å². The maximum absolute atomic E-state index is 9.99. The summed E-state index contributed by atoms with van der Waals surface area (Å²) in [5.41, 5.74) is 0.462. The van der Waals surface area contributed by atoms with E-state index in [0.29, 0.717) is 11.5 Å². The van der Waals surface area contributed by atoms with Gasteiger partial charge in [0.25, 0.3) is 0 Å². The van der Waals surface area contributed by atoms with Gasteiger partial charge >= 0.3 is 0 Å². The van der Waals surface area contributed by atoms with Crippen LogP contribution in [0.3, 0.4) is 0 Å². The first-order valence-corrected chi connectivity index (χ1v) is 5.61. The molecule has 2 nitrogen and oxygen atoms in total. The molecule has 2 aliphatic rings. The number of aliphatic hydroxyl groups is 1. The predicted molar refractivity (Wildman–Crippen MR) is 53.6 cm³/mol. The van der Waals surface area contributed by atoms with Gasteiger partial charge in [0.2, 0.25) is 0 Å². The summed E-state index contributed by atoms with van der Waals surface area (Å²) in [6.07, 6.45) is 7.29. The van der Waals surface area contributed by atoms with E-state index in [4.69, 9.17) is 0 Å². The van der Waals surface area contributed by atoms with Crippen molar-refractivity contribution in [3.63, 3.8) is 0 Å². The second-order valence-electron chi connectivity index (χ2n) is 5.14. The van der Waals surface area contributed by atoms with E-state index in [9.17, 15) is 5.11 Å². The Labute approximate surface area is 80.7 Å². The summed E-state index contributed by atoms with van der Waals surface area (Å²) in [6.45, 7) is 3.41. The van der Waals surface area contributed by atoms with Crippen molar-refractivity contribution >= 4 is 0 Å². The topological polar surface area (TPSA) is 32.3 Å². The van der Waals surface area contributed by atoms with Crippen LogP contribution in [0, 0.1) is 5.41 Å². The lowest BCUT2D eigenvalue weighted by Gasteiger charge is -2.41. The average molecular weight is 183 g/mol. The van der Waals surface area contributed by atoms with Crippen LogP contribution in [-0.4, -0.2) is 23.8 Å². The molecule has 13 heavy (non-hydrogen) atoms. The third-order valence-electron chi connectivity index (χ3n) is 3.83. The monoisotopic (exact) mass is 183 g/mol. The van der Waals surface area contributed by atoms with Crippen LogP contribution in [0.1, 0.15) is 45.4 Å². The van der Waals surface area contributed by atoms with Crippen LogP contribution in [0.4, 0.5) is 0 Å². The van der Waals surface area contributed by atoms with Gasteiger partial charge in [-0.25, -0.2) is 0 Å². The third kappa shape index (κ3) is 2.05. The first-order valence-electron chi connectivity index (χ1n) is 5.61. The van der Waals surface area contributed by atoms with Crippen LogP contribution in [0.5, 0.6) is 0 Å². The maximum atomic E-state index is 9.99. The van der Waals surface area contributed by atoms with E-state index >= 15 is 0 Å². The Hall–Kier alpha value is -0.0800. The highest BCUT2D eigenvalue weighted by Crippen LogP contribution is 2.44. The van der Waals surface area contributed by atoms with Gasteiger partial charge in [-0.2, -0.15) is 0 Å². The van der Waals surface area contributed by atoms with E-state index in [1.165, 1.54) is 25.7 Å². The van der Waals surface area contributed by atoms with Gasteiger partial charge in [0.15, 0.2) is 0 Å². The molecule has 0 amide bonds. The number of rotatable bonds is 3. The molecule has 2 N–H and O–H groups in total. The summed E-state index contributed by atoms with van der Waals surface area (Å²) in [7, 11) is 0. The minimum absolute atomic E-state index is 0.104. The Bertz CT molecular complexity index is 171. The summed E-state index contributed by atoms with van der Waals surface area (Å²) in [6, 6.07) is 0.387. The summed E-state index contributed by atoms with van der Waals surface area (Å²) in [5, 5.41) is 13.4. The predicted octanol–water partition coefficient (Wildman–Crippen LogP) is 1.68. The average Bonchev–Trinajstić information content (AvgIpc) is 2.53. The molecule has 1 saturated carbocycles. The Kier molecular flexibility index (Phi) is 2.61. The fourth-order valence-corrected chi connectivity index (χ4v) is 2.67. The maximum Gasteiger partial charge on any atom is 0.0698 e. The van der Waals surface area contributed by atoms with Gasteiger partial charge < -0.3 is 10.4 Å². The molecule has 76 valence electrons. The van der Waals surface area contributed by atoms with E-state index in [1.807, 2.05) is 0 Å². The lowest BCUT2D eigenvalue weighted by molar-refractivity contribution is 0.0371. The van der Waals surface area contributed by atoms with Gasteiger partial charge in [-0.15, -0.1) is 0 Å². The van der Waals surface area contributed by atoms with Crippen molar-refractivity contribution < 1.29 is 5.11 Å². The van der Waals surface area contributed by atoms with Gasteiger partial charge in [-0.05, 0) is 44.1 Å². The summed E-state index contributed by atoms with van der Waals surface area (Å²) in [4.78, 5) is 0. The zero-order valence-corrected chi connectivity index (χ0v) is 8.55. The van der Waals surface area contributed by atoms with E-state index in [2.05, 4.69) is 12.2 Å². The fourth-order valence-electron chi connectivity index (χ4n) is 2.67. The highest BCUT2D eigenvalue weighted by molar-refractivity contribution is 4.90. The molecular weight excluding hydrogens is 162 g/mol. The van der Waals surface area contributed by atoms with Crippen molar-refractivity contribution in [2.45, 2.75) is 57.6 Å². The Morgan fingerprint density at radius 3 is 2.69 bits per heavy atom. The van der Waals surface area contributed by atoms with Crippen molar-refractivity contribution in [1.82, 2.24) is 5.32 Å². The quantitative estimate of drug-likeness (QED) is 0.697. The zero-order chi connectivity index (χ0) is 9.31. The van der Waals surface area contributed by atoms with Gasteiger partial charge in [-0.1, -0.05) is 13.3 Å². The molecule has 1 aliphatic heterocycles. The van der Waals surface area contributed by atoms with Gasteiger partial charge in [0, 0.05) is 6.04 Å². The standard InChI is InChI=1S/C11H21NO/c1-11(5-3-6-11)8-10(13)9-4-2-7-12-9/h9-10,12-13H,2-8H2,1H3/t9-,10?/m1/s1. The van der Waals surface area contributed by atoms with Crippen molar-refractivity contribution in [1.29, 1.82) is 0 Å². The zero-order valence-electron chi connectivity index (χ0n) is 8.55. The minimum atomic E-state index is -0.104. The number of hydrogen-bond donors (Lipinski definition) is 2. The Morgan fingerprint density at radius 1 is 1.46 bits per heavy atom. The summed E-state index contributed by atoms with van der Waals surface area (Å²) >= 11 is 0. The van der Waals surface area contributed by atoms with Gasteiger partial charge in [0.1, 0.15) is 0 Å². The smallest absolute Gasteiger partial charge is 0.0698 e. The first kappa shape index (κ1) is 9.47. The molecule has 2 rings (SSSR count). The van der Waals surface area contributed by atoms with E-state index < -0.39 is 0 Å². The lowest BCUT2D eigenvalue weighted by atomic mass is 9.66. The van der Waals surface area contributed by atoms with Crippen molar-refractivity contribution in [3.8, 4) is 0 Å². The third-order valence-corrected chi connectivity index (χ3v) is 3.83. The van der Waals surface area contributed by atoms with Gasteiger partial charge in [0.05, 0.1) is 6.10 Å². The lowest BCUT2D eigenvalue weighted by Crippen LogP contribution is -2.40. The molecule has 1 aliphatic carbocycles. The molecule has 1 saturated heterocycles. The highest BCUT2D eigenvalue weighted by Gasteiger charge is 2.36. The second-order valence-corrected chi connectivity index (χ2v) is 5.14. The molecular formula is C11H21NO. The van der Waals surface area contributed by atoms with Crippen LogP contribution < -0.4 is 5.32 Å². The fraction of sp³-hybridized carbons (Fsp3) is 1.00. The second kappa shape index (κ2) is 3.58. The molecule has 1 unspecified atom stereocenters. The van der Waals surface area contributed by atoms with Crippen LogP contribution in [0.15, 0.2) is 0 Å². The molecule has 0 aromatic heterocycles. The van der Waals surface area contributed by atoms with Crippen LogP contribution >= 0.6 is 0 Å². The largest absolute Gasteiger partial charge is 0.391 e.